The van der Waals surface area contributed by atoms with E-state index in [1.54, 1.807) is 0 Å². The van der Waals surface area contributed by atoms with Crippen molar-refractivity contribution in [1.29, 1.82) is 0 Å². The standard InChI is InChI=1S/C14H26N2O3/c1-14(2,3)19-13(17)16-6-4-5-12(16)11-15-7-9-18-10-8-15/h12H,4-11H2,1-3H3/t12-/m1/s1. The molecule has 110 valence electrons. The van der Waals surface area contributed by atoms with Gasteiger partial charge in [-0.15, -0.1) is 0 Å². The van der Waals surface area contributed by atoms with Crippen LogP contribution in [0.1, 0.15) is 33.6 Å². The van der Waals surface area contributed by atoms with Crippen LogP contribution in [0.15, 0.2) is 0 Å². The van der Waals surface area contributed by atoms with Gasteiger partial charge in [0, 0.05) is 32.2 Å². The molecule has 2 rings (SSSR count). The van der Waals surface area contributed by atoms with E-state index >= 15 is 0 Å². The van der Waals surface area contributed by atoms with Crippen molar-refractivity contribution in [1.82, 2.24) is 9.80 Å². The summed E-state index contributed by atoms with van der Waals surface area (Å²) in [5, 5.41) is 0. The highest BCUT2D eigenvalue weighted by atomic mass is 16.6. The Labute approximate surface area is 115 Å². The third kappa shape index (κ3) is 4.35. The zero-order valence-electron chi connectivity index (χ0n) is 12.4. The lowest BCUT2D eigenvalue weighted by molar-refractivity contribution is 0.00797. The van der Waals surface area contributed by atoms with Crippen molar-refractivity contribution in [2.24, 2.45) is 0 Å². The number of morpholine rings is 1. The number of ether oxygens (including phenoxy) is 2. The van der Waals surface area contributed by atoms with Crippen molar-refractivity contribution in [2.75, 3.05) is 39.4 Å². The molecule has 2 aliphatic heterocycles. The maximum atomic E-state index is 12.2. The quantitative estimate of drug-likeness (QED) is 0.766. The zero-order chi connectivity index (χ0) is 13.9. The molecular weight excluding hydrogens is 244 g/mol. The molecule has 5 heteroatoms. The number of carbonyl (C=O) groups is 1. The van der Waals surface area contributed by atoms with Crippen LogP contribution in [-0.4, -0.2) is 66.9 Å². The fourth-order valence-electron chi connectivity index (χ4n) is 2.67. The van der Waals surface area contributed by atoms with Gasteiger partial charge in [0.2, 0.25) is 0 Å². The van der Waals surface area contributed by atoms with Crippen LogP contribution in [0.2, 0.25) is 0 Å². The Morgan fingerprint density at radius 3 is 2.58 bits per heavy atom. The van der Waals surface area contributed by atoms with Gasteiger partial charge in [0.05, 0.1) is 13.2 Å². The maximum Gasteiger partial charge on any atom is 0.410 e. The van der Waals surface area contributed by atoms with Crippen LogP contribution in [-0.2, 0) is 9.47 Å². The molecule has 2 saturated heterocycles. The molecule has 0 aliphatic carbocycles. The number of amides is 1. The monoisotopic (exact) mass is 270 g/mol. The third-order valence-corrected chi connectivity index (χ3v) is 3.58. The van der Waals surface area contributed by atoms with E-state index in [1.807, 2.05) is 25.7 Å². The van der Waals surface area contributed by atoms with Gasteiger partial charge in [0.15, 0.2) is 0 Å². The molecule has 0 N–H and O–H groups in total. The van der Waals surface area contributed by atoms with Gasteiger partial charge in [-0.25, -0.2) is 4.79 Å². The smallest absolute Gasteiger partial charge is 0.410 e. The molecule has 0 spiro atoms. The van der Waals surface area contributed by atoms with Crippen LogP contribution >= 0.6 is 0 Å². The molecule has 0 aromatic heterocycles. The van der Waals surface area contributed by atoms with E-state index in [9.17, 15) is 4.79 Å². The highest BCUT2D eigenvalue weighted by Gasteiger charge is 2.33. The van der Waals surface area contributed by atoms with Crippen molar-refractivity contribution in [2.45, 2.75) is 45.3 Å². The summed E-state index contributed by atoms with van der Waals surface area (Å²) in [5.41, 5.74) is -0.414. The van der Waals surface area contributed by atoms with Crippen LogP contribution in [0.3, 0.4) is 0 Å². The number of rotatable bonds is 2. The number of likely N-dealkylation sites (tertiary alicyclic amines) is 1. The first-order valence-electron chi connectivity index (χ1n) is 7.25. The molecule has 2 heterocycles. The SMILES string of the molecule is CC(C)(C)OC(=O)N1CCC[C@@H]1CN1CCOCC1. The molecule has 1 atom stereocenters. The lowest BCUT2D eigenvalue weighted by Crippen LogP contribution is -2.47. The second-order valence-corrected chi connectivity index (χ2v) is 6.38. The molecule has 19 heavy (non-hydrogen) atoms. The highest BCUT2D eigenvalue weighted by Crippen LogP contribution is 2.21. The van der Waals surface area contributed by atoms with Gasteiger partial charge in [-0.3, -0.25) is 4.90 Å². The summed E-state index contributed by atoms with van der Waals surface area (Å²) in [6, 6.07) is 0.299. The van der Waals surface area contributed by atoms with E-state index in [-0.39, 0.29) is 6.09 Å². The van der Waals surface area contributed by atoms with E-state index in [0.29, 0.717) is 6.04 Å². The molecule has 0 radical (unpaired) electrons. The van der Waals surface area contributed by atoms with E-state index in [0.717, 1.165) is 52.2 Å². The number of carbonyl (C=O) groups excluding carboxylic acids is 1. The average Bonchev–Trinajstić information content (AvgIpc) is 2.76. The van der Waals surface area contributed by atoms with Gasteiger partial charge >= 0.3 is 6.09 Å². The van der Waals surface area contributed by atoms with E-state index in [1.165, 1.54) is 0 Å². The first-order valence-corrected chi connectivity index (χ1v) is 7.25. The van der Waals surface area contributed by atoms with Crippen LogP contribution in [0, 0.1) is 0 Å². The summed E-state index contributed by atoms with van der Waals surface area (Å²) in [5.74, 6) is 0. The zero-order valence-corrected chi connectivity index (χ0v) is 12.4. The first kappa shape index (κ1) is 14.6. The van der Waals surface area contributed by atoms with Gasteiger partial charge in [-0.2, -0.15) is 0 Å². The average molecular weight is 270 g/mol. The Hall–Kier alpha value is -0.810. The summed E-state index contributed by atoms with van der Waals surface area (Å²) >= 11 is 0. The fourth-order valence-corrected chi connectivity index (χ4v) is 2.67. The predicted molar refractivity (Wildman–Crippen MR) is 73.2 cm³/mol. The van der Waals surface area contributed by atoms with Crippen LogP contribution in [0.25, 0.3) is 0 Å². The summed E-state index contributed by atoms with van der Waals surface area (Å²) in [6.07, 6.45) is 1.99. The molecule has 0 aromatic carbocycles. The van der Waals surface area contributed by atoms with Crippen LogP contribution in [0.5, 0.6) is 0 Å². The van der Waals surface area contributed by atoms with E-state index in [4.69, 9.17) is 9.47 Å². The molecule has 5 nitrogen and oxygen atoms in total. The highest BCUT2D eigenvalue weighted by molar-refractivity contribution is 5.69. The van der Waals surface area contributed by atoms with Gasteiger partial charge in [0.25, 0.3) is 0 Å². The maximum absolute atomic E-state index is 12.2. The van der Waals surface area contributed by atoms with Crippen molar-refractivity contribution in [3.05, 3.63) is 0 Å². The molecule has 2 fully saturated rings. The lowest BCUT2D eigenvalue weighted by Gasteiger charge is -2.33. The van der Waals surface area contributed by atoms with E-state index < -0.39 is 5.60 Å². The minimum Gasteiger partial charge on any atom is -0.444 e. The van der Waals surface area contributed by atoms with Crippen LogP contribution in [0.4, 0.5) is 4.79 Å². The normalized spacial score (nSPS) is 25.6. The molecule has 0 aromatic rings. The topological polar surface area (TPSA) is 42.0 Å². The molecule has 0 unspecified atom stereocenters. The lowest BCUT2D eigenvalue weighted by atomic mass is 10.2. The summed E-state index contributed by atoms with van der Waals surface area (Å²) < 4.78 is 10.8. The minimum atomic E-state index is -0.414. The third-order valence-electron chi connectivity index (χ3n) is 3.58. The van der Waals surface area contributed by atoms with Crippen molar-refractivity contribution < 1.29 is 14.3 Å². The Bertz CT molecular complexity index is 308. The molecule has 2 aliphatic rings. The van der Waals surface area contributed by atoms with Gasteiger partial charge in [0.1, 0.15) is 5.60 Å². The second kappa shape index (κ2) is 6.09. The predicted octanol–water partition coefficient (Wildman–Crippen LogP) is 1.72. The van der Waals surface area contributed by atoms with Crippen molar-refractivity contribution in [3.8, 4) is 0 Å². The van der Waals surface area contributed by atoms with Crippen molar-refractivity contribution in [3.63, 3.8) is 0 Å². The molecule has 0 bridgehead atoms. The van der Waals surface area contributed by atoms with Gasteiger partial charge in [-0.05, 0) is 33.6 Å². The Morgan fingerprint density at radius 1 is 1.26 bits per heavy atom. The van der Waals surface area contributed by atoms with Gasteiger partial charge < -0.3 is 14.4 Å². The van der Waals surface area contributed by atoms with Crippen molar-refractivity contribution >= 4 is 6.09 Å². The summed E-state index contributed by atoms with van der Waals surface area (Å²) in [4.78, 5) is 16.5. The molecule has 0 saturated carbocycles. The Morgan fingerprint density at radius 2 is 1.95 bits per heavy atom. The Balaban J connectivity index is 1.87. The molecule has 1 amide bonds. The summed E-state index contributed by atoms with van der Waals surface area (Å²) in [6.45, 7) is 11.1. The second-order valence-electron chi connectivity index (χ2n) is 6.38. The largest absolute Gasteiger partial charge is 0.444 e. The summed E-state index contributed by atoms with van der Waals surface area (Å²) in [7, 11) is 0. The number of nitrogens with zero attached hydrogens (tertiary/aromatic N) is 2. The molecular formula is C14H26N2O3. The Kier molecular flexibility index (Phi) is 4.68. The minimum absolute atomic E-state index is 0.164. The number of hydrogen-bond donors (Lipinski definition) is 0. The van der Waals surface area contributed by atoms with Gasteiger partial charge in [-0.1, -0.05) is 0 Å². The first-order chi connectivity index (χ1) is 8.96. The van der Waals surface area contributed by atoms with Crippen LogP contribution < -0.4 is 0 Å². The fraction of sp³-hybridized carbons (Fsp3) is 0.929. The van der Waals surface area contributed by atoms with E-state index in [2.05, 4.69) is 4.90 Å². The number of hydrogen-bond acceptors (Lipinski definition) is 4.